The average Bonchev–Trinajstić information content (AvgIpc) is 2.98. The average molecular weight is 529 g/mol. The lowest BCUT2D eigenvalue weighted by Gasteiger charge is -2.23. The van der Waals surface area contributed by atoms with Crippen molar-refractivity contribution >= 4 is 59.8 Å². The van der Waals surface area contributed by atoms with Crippen molar-refractivity contribution in [1.82, 2.24) is 0 Å². The predicted molar refractivity (Wildman–Crippen MR) is 171 cm³/mol. The Bertz CT molecular complexity index is 1030. The first-order valence-corrected chi connectivity index (χ1v) is 15.9. The van der Waals surface area contributed by atoms with Gasteiger partial charge in [-0.25, -0.2) is 0 Å². The first-order valence-electron chi connectivity index (χ1n) is 12.8. The Morgan fingerprint density at radius 2 is 0.595 bits per heavy atom. The summed E-state index contributed by atoms with van der Waals surface area (Å²) in [6, 6.07) is 36.0. The summed E-state index contributed by atoms with van der Waals surface area (Å²) in [5.41, 5.74) is 4.62. The van der Waals surface area contributed by atoms with Crippen molar-refractivity contribution in [3.05, 3.63) is 97.1 Å². The molecule has 0 fully saturated rings. The molecule has 0 radical (unpaired) electrons. The molecule has 4 N–H and O–H groups in total. The first-order chi connectivity index (χ1) is 18.1. The molecule has 4 aromatic carbocycles. The minimum atomic E-state index is -0.435. The van der Waals surface area contributed by atoms with E-state index in [4.69, 9.17) is 0 Å². The fourth-order valence-corrected chi connectivity index (χ4v) is 9.30. The second-order valence-electron chi connectivity index (χ2n) is 8.84. The maximum absolute atomic E-state index is 3.25. The summed E-state index contributed by atoms with van der Waals surface area (Å²) in [4.78, 5) is 0. The van der Waals surface area contributed by atoms with Crippen LogP contribution in [-0.4, -0.2) is 40.5 Å². The Morgan fingerprint density at radius 3 is 0.784 bits per heavy atom. The lowest BCUT2D eigenvalue weighted by molar-refractivity contribution is 1.11. The van der Waals surface area contributed by atoms with Gasteiger partial charge in [-0.05, 0) is 104 Å². The molecule has 4 aromatic rings. The molecular formula is C31H38N4P2. The molecule has 0 spiro atoms. The molecule has 0 amide bonds. The van der Waals surface area contributed by atoms with Gasteiger partial charge in [-0.3, -0.25) is 0 Å². The molecule has 0 aromatic heterocycles. The van der Waals surface area contributed by atoms with E-state index in [9.17, 15) is 0 Å². The van der Waals surface area contributed by atoms with Crippen molar-refractivity contribution in [2.75, 3.05) is 61.8 Å². The zero-order valence-electron chi connectivity index (χ0n) is 22.3. The van der Waals surface area contributed by atoms with Crippen LogP contribution in [0.1, 0.15) is 6.42 Å². The van der Waals surface area contributed by atoms with Crippen molar-refractivity contribution in [3.63, 3.8) is 0 Å². The maximum Gasteiger partial charge on any atom is 0.0338 e. The van der Waals surface area contributed by atoms with Crippen LogP contribution in [0.5, 0.6) is 0 Å². The van der Waals surface area contributed by atoms with Crippen molar-refractivity contribution in [3.8, 4) is 0 Å². The Hall–Kier alpha value is -3.06. The minimum Gasteiger partial charge on any atom is -0.388 e. The van der Waals surface area contributed by atoms with Crippen LogP contribution < -0.4 is 42.5 Å². The lowest BCUT2D eigenvalue weighted by Crippen LogP contribution is -2.18. The normalized spacial score (nSPS) is 11.0. The Labute approximate surface area is 224 Å². The van der Waals surface area contributed by atoms with E-state index >= 15 is 0 Å². The highest BCUT2D eigenvalue weighted by Gasteiger charge is 2.18. The molecule has 0 unspecified atom stereocenters. The van der Waals surface area contributed by atoms with Crippen LogP contribution in [0, 0.1) is 0 Å². The number of anilines is 4. The van der Waals surface area contributed by atoms with E-state index in [1.54, 1.807) is 0 Å². The summed E-state index contributed by atoms with van der Waals surface area (Å²) in [7, 11) is 7.03. The van der Waals surface area contributed by atoms with E-state index in [0.29, 0.717) is 0 Å². The van der Waals surface area contributed by atoms with Crippen LogP contribution >= 0.6 is 15.8 Å². The van der Waals surface area contributed by atoms with Crippen molar-refractivity contribution in [2.45, 2.75) is 6.42 Å². The molecule has 0 bridgehead atoms. The highest BCUT2D eigenvalue weighted by atomic mass is 31.1. The molecule has 0 atom stereocenters. The fourth-order valence-electron chi connectivity index (χ4n) is 4.43. The van der Waals surface area contributed by atoms with E-state index in [1.807, 2.05) is 28.2 Å². The van der Waals surface area contributed by atoms with Crippen LogP contribution in [0.4, 0.5) is 22.7 Å². The number of nitrogens with one attached hydrogen (secondary N) is 4. The fraction of sp³-hybridized carbons (Fsp3) is 0.226. The van der Waals surface area contributed by atoms with E-state index in [0.717, 1.165) is 22.7 Å². The summed E-state index contributed by atoms with van der Waals surface area (Å²) in [5.74, 6) is 0. The third-order valence-electron chi connectivity index (χ3n) is 6.63. The zero-order chi connectivity index (χ0) is 26.0. The SMILES string of the molecule is CNc1ccc(P(CCCP(c2ccc(NC)cc2)c2ccc(NC)cc2)c2ccc(NC)cc2)cc1. The Kier molecular flexibility index (Phi) is 9.83. The molecule has 0 aliphatic heterocycles. The summed E-state index contributed by atoms with van der Waals surface area (Å²) in [6.45, 7) is 0. The molecule has 37 heavy (non-hydrogen) atoms. The largest absolute Gasteiger partial charge is 0.388 e. The van der Waals surface area contributed by atoms with E-state index < -0.39 is 15.8 Å². The van der Waals surface area contributed by atoms with Gasteiger partial charge in [-0.15, -0.1) is 0 Å². The van der Waals surface area contributed by atoms with Crippen LogP contribution in [0.2, 0.25) is 0 Å². The second-order valence-corrected chi connectivity index (χ2v) is 13.5. The van der Waals surface area contributed by atoms with E-state index in [1.165, 1.54) is 40.0 Å². The number of hydrogen-bond donors (Lipinski definition) is 4. The zero-order valence-corrected chi connectivity index (χ0v) is 24.0. The van der Waals surface area contributed by atoms with Crippen LogP contribution in [0.3, 0.4) is 0 Å². The van der Waals surface area contributed by atoms with Gasteiger partial charge in [0.05, 0.1) is 0 Å². The molecule has 0 aliphatic rings. The molecule has 0 heterocycles. The summed E-state index contributed by atoms with van der Waals surface area (Å²) in [5, 5.41) is 18.8. The van der Waals surface area contributed by atoms with E-state index in [2.05, 4.69) is 118 Å². The molecule has 6 heteroatoms. The minimum absolute atomic E-state index is 0.435. The Morgan fingerprint density at radius 1 is 0.378 bits per heavy atom. The molecule has 0 saturated heterocycles. The first kappa shape index (κ1) is 27.0. The number of rotatable bonds is 12. The molecular weight excluding hydrogens is 490 g/mol. The van der Waals surface area contributed by atoms with Gasteiger partial charge in [-0.2, -0.15) is 0 Å². The van der Waals surface area contributed by atoms with Gasteiger partial charge in [0.15, 0.2) is 0 Å². The van der Waals surface area contributed by atoms with Crippen molar-refractivity contribution < 1.29 is 0 Å². The molecule has 0 saturated carbocycles. The maximum atomic E-state index is 3.25. The highest BCUT2D eigenvalue weighted by Crippen LogP contribution is 2.40. The topological polar surface area (TPSA) is 48.1 Å². The van der Waals surface area contributed by atoms with Gasteiger partial charge < -0.3 is 21.3 Å². The molecule has 4 rings (SSSR count). The highest BCUT2D eigenvalue weighted by molar-refractivity contribution is 7.74. The van der Waals surface area contributed by atoms with Crippen LogP contribution in [0.25, 0.3) is 0 Å². The number of benzene rings is 4. The van der Waals surface area contributed by atoms with Crippen LogP contribution in [-0.2, 0) is 0 Å². The molecule has 192 valence electrons. The van der Waals surface area contributed by atoms with Gasteiger partial charge in [-0.1, -0.05) is 48.5 Å². The van der Waals surface area contributed by atoms with Crippen LogP contribution in [0.15, 0.2) is 97.1 Å². The second kappa shape index (κ2) is 13.5. The molecule has 0 aliphatic carbocycles. The summed E-state index contributed by atoms with van der Waals surface area (Å²) >= 11 is 0. The predicted octanol–water partition coefficient (Wildman–Crippen LogP) is 5.81. The summed E-state index contributed by atoms with van der Waals surface area (Å²) in [6.07, 6.45) is 3.53. The Balaban J connectivity index is 1.58. The van der Waals surface area contributed by atoms with Gasteiger partial charge in [0.2, 0.25) is 0 Å². The third kappa shape index (κ3) is 7.04. The van der Waals surface area contributed by atoms with Crippen molar-refractivity contribution in [2.24, 2.45) is 0 Å². The van der Waals surface area contributed by atoms with E-state index in [-0.39, 0.29) is 0 Å². The van der Waals surface area contributed by atoms with Gasteiger partial charge >= 0.3 is 0 Å². The standard InChI is InChI=1S/C31H38N4P2/c1-32-24-6-14-28(15-7-24)36(29-16-8-25(33-2)9-17-29)22-5-23-37(30-18-10-26(34-3)11-19-30)31-20-12-27(35-4)13-21-31/h6-21,32-35H,5,22-23H2,1-4H3. The van der Waals surface area contributed by atoms with Gasteiger partial charge in [0.25, 0.3) is 0 Å². The van der Waals surface area contributed by atoms with Gasteiger partial charge in [0, 0.05) is 50.9 Å². The smallest absolute Gasteiger partial charge is 0.0338 e. The quantitative estimate of drug-likeness (QED) is 0.175. The van der Waals surface area contributed by atoms with Crippen molar-refractivity contribution in [1.29, 1.82) is 0 Å². The number of hydrogen-bond acceptors (Lipinski definition) is 4. The lowest BCUT2D eigenvalue weighted by atomic mass is 10.3. The molecule has 4 nitrogen and oxygen atoms in total. The van der Waals surface area contributed by atoms with Gasteiger partial charge in [0.1, 0.15) is 0 Å². The monoisotopic (exact) mass is 528 g/mol. The third-order valence-corrected chi connectivity index (χ3v) is 11.8. The summed E-state index contributed by atoms with van der Waals surface area (Å²) < 4.78 is 0.